The monoisotopic (exact) mass is 426 g/mol. The summed E-state index contributed by atoms with van der Waals surface area (Å²) in [6.07, 6.45) is 0.156. The van der Waals surface area contributed by atoms with Gasteiger partial charge in [-0.2, -0.15) is 0 Å². The molecule has 2 aromatic heterocycles. The number of anilines is 1. The zero-order valence-corrected chi connectivity index (χ0v) is 16.6. The second kappa shape index (κ2) is 8.15. The average molecular weight is 427 g/mol. The lowest BCUT2D eigenvalue weighted by Crippen LogP contribution is -2.14. The first kappa shape index (κ1) is 19.5. The van der Waals surface area contributed by atoms with Crippen molar-refractivity contribution in [1.29, 1.82) is 0 Å². The van der Waals surface area contributed by atoms with Crippen molar-refractivity contribution >= 4 is 44.7 Å². The highest BCUT2D eigenvalue weighted by molar-refractivity contribution is 7.91. The zero-order valence-electron chi connectivity index (χ0n) is 14.2. The summed E-state index contributed by atoms with van der Waals surface area (Å²) in [5.41, 5.74) is 0.541. The highest BCUT2D eigenvalue weighted by Gasteiger charge is 2.17. The minimum absolute atomic E-state index is 0.000340. The fourth-order valence-electron chi connectivity index (χ4n) is 2.20. The van der Waals surface area contributed by atoms with E-state index < -0.39 is 15.7 Å². The van der Waals surface area contributed by atoms with Gasteiger partial charge < -0.3 is 4.42 Å². The Balaban J connectivity index is 1.51. The van der Waals surface area contributed by atoms with Gasteiger partial charge in [0.15, 0.2) is 9.84 Å². The molecule has 3 aromatic rings. The average Bonchev–Trinajstić information content (AvgIpc) is 3.24. The van der Waals surface area contributed by atoms with Gasteiger partial charge in [0.2, 0.25) is 5.91 Å². The minimum Gasteiger partial charge on any atom is -0.401 e. The third-order valence-electron chi connectivity index (χ3n) is 3.50. The molecule has 0 aliphatic heterocycles. The Bertz CT molecular complexity index is 1040. The van der Waals surface area contributed by atoms with E-state index in [0.717, 1.165) is 5.01 Å². The summed E-state index contributed by atoms with van der Waals surface area (Å²) >= 11 is 7.20. The lowest BCUT2D eigenvalue weighted by Gasteiger charge is -2.04. The molecule has 0 atom stereocenters. The fourth-order valence-corrected chi connectivity index (χ4v) is 4.23. The van der Waals surface area contributed by atoms with Gasteiger partial charge in [-0.25, -0.2) is 13.4 Å². The van der Waals surface area contributed by atoms with E-state index in [1.807, 2.05) is 6.92 Å². The minimum atomic E-state index is -3.47. The van der Waals surface area contributed by atoms with Crippen LogP contribution < -0.4 is 5.32 Å². The molecular weight excluding hydrogens is 412 g/mol. The van der Waals surface area contributed by atoms with Gasteiger partial charge in [-0.3, -0.25) is 10.1 Å². The number of carbonyl (C=O) groups excluding carboxylic acids is 1. The molecule has 0 radical (unpaired) electrons. The van der Waals surface area contributed by atoms with Crippen molar-refractivity contribution in [2.45, 2.75) is 24.7 Å². The van der Waals surface area contributed by atoms with E-state index in [0.29, 0.717) is 10.7 Å². The first-order valence-electron chi connectivity index (χ1n) is 7.88. The quantitative estimate of drug-likeness (QED) is 0.615. The molecule has 0 aliphatic rings. The topological polar surface area (TPSA) is 115 Å². The molecule has 0 saturated carbocycles. The largest absolute Gasteiger partial charge is 0.401 e. The smallest absolute Gasteiger partial charge is 0.322 e. The van der Waals surface area contributed by atoms with E-state index in [1.54, 1.807) is 5.38 Å². The fraction of sp³-hybridized carbons (Fsp3) is 0.250. The van der Waals surface area contributed by atoms with Crippen LogP contribution in [0.15, 0.2) is 39.0 Å². The van der Waals surface area contributed by atoms with Crippen LogP contribution in [0.3, 0.4) is 0 Å². The predicted octanol–water partition coefficient (Wildman–Crippen LogP) is 3.35. The molecular formula is C16H15ClN4O4S2. The highest BCUT2D eigenvalue weighted by Crippen LogP contribution is 2.22. The maximum Gasteiger partial charge on any atom is 0.322 e. The Hall–Kier alpha value is -2.30. The van der Waals surface area contributed by atoms with Gasteiger partial charge in [0.1, 0.15) is 5.69 Å². The number of hydrogen-bond acceptors (Lipinski definition) is 8. The van der Waals surface area contributed by atoms with Crippen LogP contribution in [0, 0.1) is 6.92 Å². The molecule has 0 unspecified atom stereocenters. The Morgan fingerprint density at radius 2 is 2.00 bits per heavy atom. The number of nitrogens with zero attached hydrogens (tertiary/aromatic N) is 3. The molecule has 2 heterocycles. The number of aromatic nitrogens is 3. The van der Waals surface area contributed by atoms with E-state index in [1.165, 1.54) is 35.6 Å². The van der Waals surface area contributed by atoms with Gasteiger partial charge in [-0.05, 0) is 37.6 Å². The van der Waals surface area contributed by atoms with Crippen molar-refractivity contribution in [3.8, 4) is 11.6 Å². The van der Waals surface area contributed by atoms with Crippen LogP contribution in [0.25, 0.3) is 11.6 Å². The molecule has 0 fully saturated rings. The Morgan fingerprint density at radius 1 is 1.26 bits per heavy atom. The van der Waals surface area contributed by atoms with Gasteiger partial charge in [-0.15, -0.1) is 16.4 Å². The number of thiazole rings is 1. The van der Waals surface area contributed by atoms with Crippen LogP contribution in [-0.4, -0.2) is 35.3 Å². The summed E-state index contributed by atoms with van der Waals surface area (Å²) in [7, 11) is -3.47. The van der Waals surface area contributed by atoms with Crippen molar-refractivity contribution in [1.82, 2.24) is 15.2 Å². The van der Waals surface area contributed by atoms with Crippen molar-refractivity contribution in [3.63, 3.8) is 0 Å². The number of amides is 1. The highest BCUT2D eigenvalue weighted by atomic mass is 35.5. The molecule has 0 spiro atoms. The number of carbonyl (C=O) groups is 1. The molecule has 8 nitrogen and oxygen atoms in total. The van der Waals surface area contributed by atoms with Crippen molar-refractivity contribution in [2.24, 2.45) is 0 Å². The van der Waals surface area contributed by atoms with Crippen LogP contribution >= 0.6 is 22.9 Å². The number of hydrogen-bond donors (Lipinski definition) is 1. The first-order valence-corrected chi connectivity index (χ1v) is 10.8. The van der Waals surface area contributed by atoms with Crippen LogP contribution in [0.4, 0.5) is 6.01 Å². The number of aryl methyl sites for hydroxylation is 1. The van der Waals surface area contributed by atoms with Gasteiger partial charge in [-0.1, -0.05) is 16.7 Å². The van der Waals surface area contributed by atoms with E-state index in [2.05, 4.69) is 20.5 Å². The maximum atomic E-state index is 12.2. The van der Waals surface area contributed by atoms with E-state index in [4.69, 9.17) is 16.0 Å². The molecule has 3 rings (SSSR count). The van der Waals surface area contributed by atoms with Crippen LogP contribution in [0.1, 0.15) is 17.8 Å². The summed E-state index contributed by atoms with van der Waals surface area (Å²) in [6, 6.07) is 5.85. The van der Waals surface area contributed by atoms with Crippen LogP contribution in [0.2, 0.25) is 5.02 Å². The number of rotatable bonds is 7. The SMILES string of the molecule is Cc1nc(-c2nnc(NC(=O)CCCS(=O)(=O)c3ccc(Cl)cc3)o2)cs1. The summed E-state index contributed by atoms with van der Waals surface area (Å²) in [4.78, 5) is 16.4. The standard InChI is InChI=1S/C16H15ClN4O4S2/c1-10-18-13(9-26-10)15-20-21-16(25-15)19-14(22)3-2-8-27(23,24)12-6-4-11(17)5-7-12/h4-7,9H,2-3,8H2,1H3,(H,19,21,22). The Morgan fingerprint density at radius 3 is 2.67 bits per heavy atom. The van der Waals surface area contributed by atoms with Gasteiger partial charge in [0, 0.05) is 16.8 Å². The molecule has 27 heavy (non-hydrogen) atoms. The molecule has 142 valence electrons. The molecule has 1 amide bonds. The van der Waals surface area contributed by atoms with Crippen molar-refractivity contribution in [2.75, 3.05) is 11.1 Å². The summed E-state index contributed by atoms with van der Waals surface area (Å²) in [5.74, 6) is -0.360. The molecule has 0 bridgehead atoms. The number of halogens is 1. The van der Waals surface area contributed by atoms with Crippen molar-refractivity contribution in [3.05, 3.63) is 39.7 Å². The van der Waals surface area contributed by atoms with Gasteiger partial charge in [0.25, 0.3) is 5.89 Å². The molecule has 0 aliphatic carbocycles. The van der Waals surface area contributed by atoms with Crippen LogP contribution in [0.5, 0.6) is 0 Å². The predicted molar refractivity (Wildman–Crippen MR) is 102 cm³/mol. The third-order valence-corrected chi connectivity index (χ3v) is 6.34. The lowest BCUT2D eigenvalue weighted by atomic mass is 10.3. The second-order valence-corrected chi connectivity index (χ2v) is 9.20. The van der Waals surface area contributed by atoms with Gasteiger partial charge in [0.05, 0.1) is 15.7 Å². The number of sulfone groups is 1. The number of benzene rings is 1. The van der Waals surface area contributed by atoms with Gasteiger partial charge >= 0.3 is 6.01 Å². The first-order chi connectivity index (χ1) is 12.8. The normalized spacial score (nSPS) is 11.5. The second-order valence-electron chi connectivity index (χ2n) is 5.59. The van der Waals surface area contributed by atoms with Crippen molar-refractivity contribution < 1.29 is 17.6 Å². The lowest BCUT2D eigenvalue weighted by molar-refractivity contribution is -0.116. The summed E-state index contributed by atoms with van der Waals surface area (Å²) < 4.78 is 29.8. The van der Waals surface area contributed by atoms with E-state index in [9.17, 15) is 13.2 Å². The summed E-state index contributed by atoms with van der Waals surface area (Å²) in [6.45, 7) is 1.85. The molecule has 11 heteroatoms. The summed E-state index contributed by atoms with van der Waals surface area (Å²) in [5, 5.41) is 13.1. The Labute approximate surface area is 164 Å². The van der Waals surface area contributed by atoms with E-state index >= 15 is 0 Å². The Kier molecular flexibility index (Phi) is 5.88. The third kappa shape index (κ3) is 5.12. The number of nitrogens with one attached hydrogen (secondary N) is 1. The van der Waals surface area contributed by atoms with Crippen LogP contribution in [-0.2, 0) is 14.6 Å². The molecule has 1 aromatic carbocycles. The van der Waals surface area contributed by atoms with E-state index in [-0.39, 0.29) is 35.4 Å². The maximum absolute atomic E-state index is 12.2. The zero-order chi connectivity index (χ0) is 19.4. The molecule has 1 N–H and O–H groups in total. The molecule has 0 saturated heterocycles.